The number of ether oxygens (including phenoxy) is 2. The van der Waals surface area contributed by atoms with E-state index >= 15 is 0 Å². The van der Waals surface area contributed by atoms with E-state index in [4.69, 9.17) is 9.47 Å². The Morgan fingerprint density at radius 3 is 2.53 bits per heavy atom. The van der Waals surface area contributed by atoms with Gasteiger partial charge < -0.3 is 9.47 Å². The molecule has 0 amide bonds. The molecule has 0 saturated heterocycles. The predicted molar refractivity (Wildman–Crippen MR) is 82.7 cm³/mol. The summed E-state index contributed by atoms with van der Waals surface area (Å²) in [5, 5.41) is 0. The maximum atomic E-state index is 5.71. The van der Waals surface area contributed by atoms with E-state index in [1.807, 2.05) is 13.8 Å². The van der Waals surface area contributed by atoms with Gasteiger partial charge in [0.05, 0.1) is 13.2 Å². The van der Waals surface area contributed by atoms with E-state index in [1.54, 1.807) is 0 Å². The van der Waals surface area contributed by atoms with Gasteiger partial charge in [-0.3, -0.25) is 0 Å². The summed E-state index contributed by atoms with van der Waals surface area (Å²) >= 11 is 3.76. The number of hydrogen-bond donors (Lipinski definition) is 0. The van der Waals surface area contributed by atoms with Crippen molar-refractivity contribution in [3.05, 3.63) is 23.8 Å². The average molecular weight is 327 g/mol. The molecule has 2 rings (SSSR count). The molecule has 1 saturated carbocycles. The summed E-state index contributed by atoms with van der Waals surface area (Å²) in [7, 11) is 0. The number of benzene rings is 1. The minimum atomic E-state index is 0.646. The lowest BCUT2D eigenvalue weighted by molar-refractivity contribution is 0.287. The van der Waals surface area contributed by atoms with Crippen LogP contribution in [0.5, 0.6) is 11.5 Å². The minimum absolute atomic E-state index is 0.646. The standard InChI is InChI=1S/C16H23BrO2/c1-3-18-15-9-8-13(11-16(15)19-4-2)12-6-5-7-14(17)10-12/h8-9,11-12,14H,3-7,10H2,1-2H3. The molecule has 0 N–H and O–H groups in total. The second-order valence-electron chi connectivity index (χ2n) is 5.03. The van der Waals surface area contributed by atoms with Crippen LogP contribution in [0.25, 0.3) is 0 Å². The number of halogens is 1. The first-order chi connectivity index (χ1) is 9.24. The van der Waals surface area contributed by atoms with Crippen molar-refractivity contribution in [2.45, 2.75) is 50.3 Å². The first-order valence-electron chi connectivity index (χ1n) is 7.28. The van der Waals surface area contributed by atoms with Gasteiger partial charge in [0.15, 0.2) is 11.5 Å². The summed E-state index contributed by atoms with van der Waals surface area (Å²) in [6.07, 6.45) is 5.10. The Morgan fingerprint density at radius 1 is 1.11 bits per heavy atom. The molecule has 1 aromatic carbocycles. The summed E-state index contributed by atoms with van der Waals surface area (Å²) in [5.74, 6) is 2.39. The van der Waals surface area contributed by atoms with Crippen LogP contribution in [0.15, 0.2) is 18.2 Å². The lowest BCUT2D eigenvalue weighted by Crippen LogP contribution is -2.13. The summed E-state index contributed by atoms with van der Waals surface area (Å²) in [5.41, 5.74) is 1.39. The van der Waals surface area contributed by atoms with Crippen LogP contribution in [0.1, 0.15) is 51.0 Å². The molecule has 2 unspecified atom stereocenters. The highest BCUT2D eigenvalue weighted by molar-refractivity contribution is 9.09. The molecule has 0 spiro atoms. The van der Waals surface area contributed by atoms with Crippen LogP contribution in [0, 0.1) is 0 Å². The summed E-state index contributed by atoms with van der Waals surface area (Å²) in [6, 6.07) is 6.43. The van der Waals surface area contributed by atoms with Crippen molar-refractivity contribution in [1.82, 2.24) is 0 Å². The van der Waals surface area contributed by atoms with Gasteiger partial charge in [-0.2, -0.15) is 0 Å². The van der Waals surface area contributed by atoms with Crippen molar-refractivity contribution >= 4 is 15.9 Å². The molecular weight excluding hydrogens is 304 g/mol. The molecule has 19 heavy (non-hydrogen) atoms. The molecule has 2 nitrogen and oxygen atoms in total. The van der Waals surface area contributed by atoms with Crippen molar-refractivity contribution in [1.29, 1.82) is 0 Å². The Balaban J connectivity index is 2.18. The fourth-order valence-corrected chi connectivity index (χ4v) is 3.53. The number of alkyl halides is 1. The Bertz CT molecular complexity index is 406. The van der Waals surface area contributed by atoms with Crippen molar-refractivity contribution in [2.75, 3.05) is 13.2 Å². The fourth-order valence-electron chi connectivity index (χ4n) is 2.75. The predicted octanol–water partition coefficient (Wildman–Crippen LogP) is 4.91. The second-order valence-corrected chi connectivity index (χ2v) is 6.33. The van der Waals surface area contributed by atoms with E-state index in [0.29, 0.717) is 24.0 Å². The molecule has 0 bridgehead atoms. The van der Waals surface area contributed by atoms with E-state index in [2.05, 4.69) is 34.1 Å². The topological polar surface area (TPSA) is 18.5 Å². The lowest BCUT2D eigenvalue weighted by Gasteiger charge is -2.26. The first kappa shape index (κ1) is 14.7. The number of rotatable bonds is 5. The summed E-state index contributed by atoms with van der Waals surface area (Å²) in [6.45, 7) is 5.36. The van der Waals surface area contributed by atoms with Gasteiger partial charge in [-0.1, -0.05) is 28.4 Å². The van der Waals surface area contributed by atoms with Crippen LogP contribution in [0.4, 0.5) is 0 Å². The first-order valence-corrected chi connectivity index (χ1v) is 8.19. The van der Waals surface area contributed by atoms with Gasteiger partial charge in [-0.25, -0.2) is 0 Å². The molecule has 1 aliphatic carbocycles. The van der Waals surface area contributed by atoms with Gasteiger partial charge in [0.2, 0.25) is 0 Å². The Morgan fingerprint density at radius 2 is 1.84 bits per heavy atom. The Kier molecular flexibility index (Phi) is 5.56. The Hall–Kier alpha value is -0.700. The zero-order chi connectivity index (χ0) is 13.7. The normalized spacial score (nSPS) is 23.1. The van der Waals surface area contributed by atoms with Gasteiger partial charge in [-0.05, 0) is 56.7 Å². The average Bonchev–Trinajstić information content (AvgIpc) is 2.41. The van der Waals surface area contributed by atoms with Gasteiger partial charge in [0.25, 0.3) is 0 Å². The largest absolute Gasteiger partial charge is 0.490 e. The molecule has 0 radical (unpaired) electrons. The van der Waals surface area contributed by atoms with Crippen LogP contribution >= 0.6 is 15.9 Å². The van der Waals surface area contributed by atoms with Crippen LogP contribution in [-0.2, 0) is 0 Å². The number of hydrogen-bond acceptors (Lipinski definition) is 2. The van der Waals surface area contributed by atoms with Gasteiger partial charge in [-0.15, -0.1) is 0 Å². The monoisotopic (exact) mass is 326 g/mol. The molecule has 1 aromatic rings. The van der Waals surface area contributed by atoms with Crippen LogP contribution < -0.4 is 9.47 Å². The third kappa shape index (κ3) is 3.88. The third-order valence-corrected chi connectivity index (χ3v) is 4.48. The van der Waals surface area contributed by atoms with Crippen molar-refractivity contribution in [3.8, 4) is 11.5 Å². The highest BCUT2D eigenvalue weighted by Gasteiger charge is 2.22. The SMILES string of the molecule is CCOc1ccc(C2CCCC(Br)C2)cc1OCC. The molecule has 1 fully saturated rings. The quantitative estimate of drug-likeness (QED) is 0.716. The lowest BCUT2D eigenvalue weighted by atomic mass is 9.84. The van der Waals surface area contributed by atoms with Crippen molar-refractivity contribution in [2.24, 2.45) is 0 Å². The van der Waals surface area contributed by atoms with E-state index in [1.165, 1.54) is 31.2 Å². The molecule has 106 valence electrons. The van der Waals surface area contributed by atoms with E-state index in [0.717, 1.165) is 11.5 Å². The molecule has 2 atom stereocenters. The molecule has 0 aliphatic heterocycles. The van der Waals surface area contributed by atoms with Crippen molar-refractivity contribution in [3.63, 3.8) is 0 Å². The third-order valence-electron chi connectivity index (χ3n) is 3.65. The van der Waals surface area contributed by atoms with Gasteiger partial charge in [0.1, 0.15) is 0 Å². The molecule has 3 heteroatoms. The summed E-state index contributed by atoms with van der Waals surface area (Å²) < 4.78 is 11.3. The fraction of sp³-hybridized carbons (Fsp3) is 0.625. The highest BCUT2D eigenvalue weighted by Crippen LogP contribution is 2.39. The highest BCUT2D eigenvalue weighted by atomic mass is 79.9. The van der Waals surface area contributed by atoms with Gasteiger partial charge >= 0.3 is 0 Å². The zero-order valence-corrected chi connectivity index (χ0v) is 13.4. The molecular formula is C16H23BrO2. The second kappa shape index (κ2) is 7.18. The van der Waals surface area contributed by atoms with Crippen LogP contribution in [0.2, 0.25) is 0 Å². The maximum Gasteiger partial charge on any atom is 0.161 e. The van der Waals surface area contributed by atoms with Crippen LogP contribution in [-0.4, -0.2) is 18.0 Å². The van der Waals surface area contributed by atoms with E-state index < -0.39 is 0 Å². The maximum absolute atomic E-state index is 5.71. The molecule has 0 heterocycles. The zero-order valence-electron chi connectivity index (χ0n) is 11.8. The molecule has 1 aliphatic rings. The summed E-state index contributed by atoms with van der Waals surface area (Å²) in [4.78, 5) is 0.661. The smallest absolute Gasteiger partial charge is 0.161 e. The van der Waals surface area contributed by atoms with Crippen LogP contribution in [0.3, 0.4) is 0 Å². The van der Waals surface area contributed by atoms with Crippen molar-refractivity contribution < 1.29 is 9.47 Å². The Labute approximate surface area is 124 Å². The minimum Gasteiger partial charge on any atom is -0.490 e. The van der Waals surface area contributed by atoms with E-state index in [9.17, 15) is 0 Å². The molecule has 0 aromatic heterocycles. The van der Waals surface area contributed by atoms with E-state index in [-0.39, 0.29) is 0 Å². The van der Waals surface area contributed by atoms with Gasteiger partial charge in [0, 0.05) is 4.83 Å².